The van der Waals surface area contributed by atoms with E-state index >= 15 is 0 Å². The van der Waals surface area contributed by atoms with Crippen molar-refractivity contribution in [3.63, 3.8) is 0 Å². The van der Waals surface area contributed by atoms with Gasteiger partial charge in [-0.05, 0) is 42.7 Å². The molecule has 6 nitrogen and oxygen atoms in total. The van der Waals surface area contributed by atoms with E-state index in [0.717, 1.165) is 16.0 Å². The lowest BCUT2D eigenvalue weighted by atomic mass is 10.1. The number of fused-ring (bicyclic) bond motifs is 1. The minimum absolute atomic E-state index is 0.150. The number of thiophene rings is 1. The Kier molecular flexibility index (Phi) is 4.50. The van der Waals surface area contributed by atoms with Crippen LogP contribution < -0.4 is 10.8 Å². The lowest BCUT2D eigenvalue weighted by molar-refractivity contribution is 0.0711. The highest BCUT2D eigenvalue weighted by Crippen LogP contribution is 2.28. The van der Waals surface area contributed by atoms with Crippen molar-refractivity contribution in [2.75, 3.05) is 11.9 Å². The second kappa shape index (κ2) is 6.58. The summed E-state index contributed by atoms with van der Waals surface area (Å²) >= 11 is 1.23. The second-order valence-corrected chi connectivity index (χ2v) is 6.72. The first-order valence-electron chi connectivity index (χ1n) is 7.36. The van der Waals surface area contributed by atoms with Gasteiger partial charge in [0.2, 0.25) is 0 Å². The van der Waals surface area contributed by atoms with Crippen LogP contribution in [-0.4, -0.2) is 28.6 Å². The maximum atomic E-state index is 13.8. The fourth-order valence-electron chi connectivity index (χ4n) is 2.59. The van der Waals surface area contributed by atoms with Crippen LogP contribution in [0, 0.1) is 12.7 Å². The van der Waals surface area contributed by atoms with Crippen molar-refractivity contribution in [2.45, 2.75) is 19.9 Å². The van der Waals surface area contributed by atoms with Gasteiger partial charge in [0.1, 0.15) is 5.82 Å². The van der Waals surface area contributed by atoms with E-state index in [0.29, 0.717) is 24.4 Å². The fraction of sp³-hybridized carbons (Fsp3) is 0.250. The van der Waals surface area contributed by atoms with Crippen LogP contribution in [-0.2, 0) is 13.0 Å². The molecule has 2 heterocycles. The molecule has 3 N–H and O–H groups in total. The summed E-state index contributed by atoms with van der Waals surface area (Å²) in [6, 6.07) is 5.88. The number of carbonyl (C=O) groups is 2. The van der Waals surface area contributed by atoms with E-state index in [9.17, 15) is 14.0 Å². The molecule has 3 amide bonds. The average Bonchev–Trinajstić information content (AvgIpc) is 3.00. The van der Waals surface area contributed by atoms with Gasteiger partial charge < -0.3 is 10.2 Å². The van der Waals surface area contributed by atoms with Crippen molar-refractivity contribution in [3.8, 4) is 0 Å². The molecule has 0 aliphatic carbocycles. The zero-order valence-electron chi connectivity index (χ0n) is 12.9. The fourth-order valence-corrected chi connectivity index (χ4v) is 3.71. The molecule has 0 fully saturated rings. The molecule has 0 saturated carbocycles. The molecule has 1 aromatic carbocycles. The van der Waals surface area contributed by atoms with Crippen molar-refractivity contribution in [1.82, 2.24) is 10.4 Å². The number of hydrogen-bond donors (Lipinski definition) is 3. The van der Waals surface area contributed by atoms with Gasteiger partial charge in [-0.15, -0.1) is 11.3 Å². The van der Waals surface area contributed by atoms with Crippen LogP contribution in [0.5, 0.6) is 0 Å². The summed E-state index contributed by atoms with van der Waals surface area (Å²) in [4.78, 5) is 26.7. The highest BCUT2D eigenvalue weighted by molar-refractivity contribution is 7.14. The number of aryl methyl sites for hydroxylation is 1. The number of rotatable bonds is 2. The quantitative estimate of drug-likeness (QED) is 0.576. The number of urea groups is 1. The molecule has 0 atom stereocenters. The molecule has 126 valence electrons. The monoisotopic (exact) mass is 349 g/mol. The molecule has 0 saturated heterocycles. The van der Waals surface area contributed by atoms with Gasteiger partial charge in [0.15, 0.2) is 0 Å². The molecule has 0 bridgehead atoms. The first kappa shape index (κ1) is 16.4. The van der Waals surface area contributed by atoms with E-state index in [1.54, 1.807) is 28.6 Å². The Morgan fingerprint density at radius 2 is 2.12 bits per heavy atom. The number of anilines is 1. The van der Waals surface area contributed by atoms with Crippen molar-refractivity contribution in [1.29, 1.82) is 0 Å². The molecule has 0 spiro atoms. The molecular weight excluding hydrogens is 333 g/mol. The van der Waals surface area contributed by atoms with Gasteiger partial charge in [0.25, 0.3) is 5.91 Å². The van der Waals surface area contributed by atoms with E-state index < -0.39 is 11.7 Å². The summed E-state index contributed by atoms with van der Waals surface area (Å²) in [6.45, 7) is 2.64. The predicted molar refractivity (Wildman–Crippen MR) is 87.8 cm³/mol. The third-order valence-corrected chi connectivity index (χ3v) is 5.02. The Bertz CT molecular complexity index is 806. The molecule has 24 heavy (non-hydrogen) atoms. The van der Waals surface area contributed by atoms with Crippen LogP contribution in [0.4, 0.5) is 14.9 Å². The maximum Gasteiger partial charge on any atom is 0.322 e. The molecule has 1 aromatic heterocycles. The lowest BCUT2D eigenvalue weighted by Gasteiger charge is -2.27. The van der Waals surface area contributed by atoms with E-state index in [1.165, 1.54) is 17.4 Å². The Hall–Kier alpha value is -2.45. The summed E-state index contributed by atoms with van der Waals surface area (Å²) in [5.74, 6) is -1.04. The van der Waals surface area contributed by atoms with Crippen molar-refractivity contribution < 1.29 is 19.2 Å². The van der Waals surface area contributed by atoms with E-state index in [4.69, 9.17) is 5.21 Å². The summed E-state index contributed by atoms with van der Waals surface area (Å²) < 4.78 is 13.8. The third-order valence-electron chi connectivity index (χ3n) is 3.86. The smallest absolute Gasteiger partial charge is 0.319 e. The van der Waals surface area contributed by atoms with Crippen LogP contribution in [0.25, 0.3) is 0 Å². The van der Waals surface area contributed by atoms with Gasteiger partial charge in [0, 0.05) is 11.4 Å². The van der Waals surface area contributed by atoms with Gasteiger partial charge >= 0.3 is 6.03 Å². The molecule has 0 radical (unpaired) electrons. The minimum Gasteiger partial charge on any atom is -0.319 e. The molecule has 1 aliphatic heterocycles. The maximum absolute atomic E-state index is 13.8. The SMILES string of the molecule is Cc1ccc(F)c(NC(=O)N2CCc3cc(C(=O)NO)sc3C2)c1. The van der Waals surface area contributed by atoms with Gasteiger partial charge in [0.05, 0.1) is 17.1 Å². The number of hydrogen-bond acceptors (Lipinski definition) is 4. The van der Waals surface area contributed by atoms with Crippen molar-refractivity contribution >= 4 is 29.0 Å². The van der Waals surface area contributed by atoms with Gasteiger partial charge in [-0.2, -0.15) is 0 Å². The molecule has 3 rings (SSSR count). The number of nitrogens with one attached hydrogen (secondary N) is 2. The van der Waals surface area contributed by atoms with Crippen LogP contribution >= 0.6 is 11.3 Å². The minimum atomic E-state index is -0.563. The molecule has 8 heteroatoms. The summed E-state index contributed by atoms with van der Waals surface area (Å²) in [5, 5.41) is 11.3. The van der Waals surface area contributed by atoms with E-state index in [2.05, 4.69) is 5.32 Å². The Labute approximate surface area is 141 Å². The standard InChI is InChI=1S/C16H16FN3O3S/c1-9-2-3-11(17)12(6-9)18-16(22)20-5-4-10-7-13(15(21)19-23)24-14(10)8-20/h2-3,6-7,23H,4-5,8H2,1H3,(H,18,22)(H,19,21). The van der Waals surface area contributed by atoms with Crippen LogP contribution in [0.1, 0.15) is 25.7 Å². The van der Waals surface area contributed by atoms with Gasteiger partial charge in [-0.3, -0.25) is 10.0 Å². The Morgan fingerprint density at radius 3 is 2.88 bits per heavy atom. The van der Waals surface area contributed by atoms with Crippen molar-refractivity contribution in [2.24, 2.45) is 0 Å². The average molecular weight is 349 g/mol. The number of hydroxylamine groups is 1. The first-order valence-corrected chi connectivity index (χ1v) is 8.17. The first-order chi connectivity index (χ1) is 11.5. The number of benzene rings is 1. The zero-order valence-corrected chi connectivity index (χ0v) is 13.7. The zero-order chi connectivity index (χ0) is 17.3. The molecule has 2 aromatic rings. The van der Waals surface area contributed by atoms with Crippen LogP contribution in [0.3, 0.4) is 0 Å². The normalized spacial score (nSPS) is 13.4. The molecule has 0 unspecified atom stereocenters. The number of carbonyl (C=O) groups excluding carboxylic acids is 2. The second-order valence-electron chi connectivity index (χ2n) is 5.59. The number of amides is 3. The Morgan fingerprint density at radius 1 is 1.33 bits per heavy atom. The molecular formula is C16H16FN3O3S. The van der Waals surface area contributed by atoms with Crippen LogP contribution in [0.15, 0.2) is 24.3 Å². The van der Waals surface area contributed by atoms with E-state index in [-0.39, 0.29) is 11.7 Å². The largest absolute Gasteiger partial charge is 0.322 e. The van der Waals surface area contributed by atoms with E-state index in [1.807, 2.05) is 6.92 Å². The summed E-state index contributed by atoms with van der Waals surface area (Å²) in [5.41, 5.74) is 3.60. The highest BCUT2D eigenvalue weighted by Gasteiger charge is 2.24. The highest BCUT2D eigenvalue weighted by atomic mass is 32.1. The van der Waals surface area contributed by atoms with Gasteiger partial charge in [-0.25, -0.2) is 14.7 Å². The Balaban J connectivity index is 1.72. The van der Waals surface area contributed by atoms with Crippen molar-refractivity contribution in [3.05, 3.63) is 51.0 Å². The lowest BCUT2D eigenvalue weighted by Crippen LogP contribution is -2.38. The molecule has 1 aliphatic rings. The van der Waals surface area contributed by atoms with Gasteiger partial charge in [-0.1, -0.05) is 6.07 Å². The number of halogens is 1. The third kappa shape index (κ3) is 3.24. The number of nitrogens with zero attached hydrogens (tertiary/aromatic N) is 1. The summed E-state index contributed by atoms with van der Waals surface area (Å²) in [6.07, 6.45) is 0.605. The predicted octanol–water partition coefficient (Wildman–Crippen LogP) is 2.90. The topological polar surface area (TPSA) is 81.7 Å². The summed E-state index contributed by atoms with van der Waals surface area (Å²) in [7, 11) is 0. The van der Waals surface area contributed by atoms with Crippen LogP contribution in [0.2, 0.25) is 0 Å².